The molecule has 1 aromatic heterocycles. The number of piperazine rings is 1. The Balaban J connectivity index is 2.04. The lowest BCUT2D eigenvalue weighted by Gasteiger charge is -2.27. The maximum absolute atomic E-state index is 13.2. The second kappa shape index (κ2) is 7.59. The number of hydrogen-bond acceptors (Lipinski definition) is 4. The number of carbonyl (C=O) groups is 1. The molecule has 1 saturated heterocycles. The van der Waals surface area contributed by atoms with Gasteiger partial charge in [-0.25, -0.2) is 4.99 Å². The SMILES string of the molecule is Cc1c(N=C(C(=O)N2CCNCC2)c2cccs2)cccc1C(F)(F)F. The predicted molar refractivity (Wildman–Crippen MR) is 96.1 cm³/mol. The molecule has 2 aromatic rings. The number of halogens is 3. The second-order valence-electron chi connectivity index (χ2n) is 5.93. The fourth-order valence-corrected chi connectivity index (χ4v) is 3.52. The molecule has 0 unspecified atom stereocenters. The van der Waals surface area contributed by atoms with Crippen LogP contribution in [0.2, 0.25) is 0 Å². The highest BCUT2D eigenvalue weighted by atomic mass is 32.1. The molecule has 0 spiro atoms. The van der Waals surface area contributed by atoms with Crippen LogP contribution in [0.15, 0.2) is 40.7 Å². The lowest BCUT2D eigenvalue weighted by atomic mass is 10.1. The van der Waals surface area contributed by atoms with Crippen molar-refractivity contribution in [2.45, 2.75) is 13.1 Å². The van der Waals surface area contributed by atoms with Gasteiger partial charge in [0.2, 0.25) is 0 Å². The number of alkyl halides is 3. The van der Waals surface area contributed by atoms with E-state index >= 15 is 0 Å². The lowest BCUT2D eigenvalue weighted by Crippen LogP contribution is -2.48. The van der Waals surface area contributed by atoms with Crippen molar-refractivity contribution in [3.05, 3.63) is 51.7 Å². The third-order valence-electron chi connectivity index (χ3n) is 4.20. The van der Waals surface area contributed by atoms with Crippen LogP contribution in [0.4, 0.5) is 18.9 Å². The third-order valence-corrected chi connectivity index (χ3v) is 5.08. The minimum absolute atomic E-state index is 0.0159. The molecule has 0 bridgehead atoms. The van der Waals surface area contributed by atoms with Crippen molar-refractivity contribution < 1.29 is 18.0 Å². The van der Waals surface area contributed by atoms with E-state index in [4.69, 9.17) is 0 Å². The van der Waals surface area contributed by atoms with E-state index in [1.165, 1.54) is 30.4 Å². The van der Waals surface area contributed by atoms with Gasteiger partial charge in [0, 0.05) is 26.2 Å². The maximum atomic E-state index is 13.2. The molecular weight excluding hydrogens is 363 g/mol. The quantitative estimate of drug-likeness (QED) is 0.826. The Hall–Kier alpha value is -2.19. The van der Waals surface area contributed by atoms with Crippen molar-refractivity contribution in [2.75, 3.05) is 26.2 Å². The molecule has 0 aliphatic carbocycles. The molecule has 1 amide bonds. The standard InChI is InChI=1S/C18H18F3N3OS/c1-12-13(18(19,20)21)4-2-5-14(12)23-16(15-6-3-11-26-15)17(25)24-9-7-22-8-10-24/h2-6,11,22H,7-10H2,1H3. The van der Waals surface area contributed by atoms with Crippen LogP contribution in [0, 0.1) is 6.92 Å². The number of benzene rings is 1. The summed E-state index contributed by atoms with van der Waals surface area (Å²) >= 11 is 1.34. The highest BCUT2D eigenvalue weighted by Crippen LogP contribution is 2.35. The monoisotopic (exact) mass is 381 g/mol. The van der Waals surface area contributed by atoms with E-state index in [0.29, 0.717) is 31.1 Å². The molecule has 1 aliphatic heterocycles. The predicted octanol–water partition coefficient (Wildman–Crippen LogP) is 3.63. The molecule has 8 heteroatoms. The minimum atomic E-state index is -4.46. The summed E-state index contributed by atoms with van der Waals surface area (Å²) in [5.41, 5.74) is -0.378. The highest BCUT2D eigenvalue weighted by molar-refractivity contribution is 7.13. The number of rotatable bonds is 3. The normalized spacial score (nSPS) is 16.0. The van der Waals surface area contributed by atoms with Crippen LogP contribution in [0.1, 0.15) is 16.0 Å². The number of hydrogen-bond donors (Lipinski definition) is 1. The van der Waals surface area contributed by atoms with E-state index in [0.717, 1.165) is 6.07 Å². The van der Waals surface area contributed by atoms with Crippen molar-refractivity contribution in [1.29, 1.82) is 0 Å². The molecule has 1 fully saturated rings. The molecule has 2 heterocycles. The first-order chi connectivity index (χ1) is 12.4. The van der Waals surface area contributed by atoms with Crippen molar-refractivity contribution in [2.24, 2.45) is 4.99 Å². The average molecular weight is 381 g/mol. The number of thiophene rings is 1. The van der Waals surface area contributed by atoms with Gasteiger partial charge in [-0.1, -0.05) is 12.1 Å². The fraction of sp³-hybridized carbons (Fsp3) is 0.333. The molecule has 0 saturated carbocycles. The summed E-state index contributed by atoms with van der Waals surface area (Å²) in [5, 5.41) is 4.98. The summed E-state index contributed by atoms with van der Waals surface area (Å²) in [6.07, 6.45) is -4.46. The molecule has 4 nitrogen and oxygen atoms in total. The molecule has 0 atom stereocenters. The molecule has 1 aromatic carbocycles. The number of carbonyl (C=O) groups excluding carboxylic acids is 1. The van der Waals surface area contributed by atoms with Gasteiger partial charge in [0.15, 0.2) is 0 Å². The highest BCUT2D eigenvalue weighted by Gasteiger charge is 2.33. The Labute approximate surface area is 153 Å². The summed E-state index contributed by atoms with van der Waals surface area (Å²) in [4.78, 5) is 19.6. The molecule has 1 N–H and O–H groups in total. The summed E-state index contributed by atoms with van der Waals surface area (Å²) in [6, 6.07) is 7.39. The number of amides is 1. The Morgan fingerprint density at radius 1 is 1.19 bits per heavy atom. The largest absolute Gasteiger partial charge is 0.416 e. The van der Waals surface area contributed by atoms with Gasteiger partial charge in [-0.3, -0.25) is 4.79 Å². The number of aliphatic imine (C=N–C) groups is 1. The molecule has 26 heavy (non-hydrogen) atoms. The van der Waals surface area contributed by atoms with Crippen LogP contribution in [-0.4, -0.2) is 42.7 Å². The van der Waals surface area contributed by atoms with E-state index in [9.17, 15) is 18.0 Å². The smallest absolute Gasteiger partial charge is 0.335 e. The lowest BCUT2D eigenvalue weighted by molar-refractivity contribution is -0.138. The Morgan fingerprint density at radius 3 is 2.54 bits per heavy atom. The summed E-state index contributed by atoms with van der Waals surface area (Å²) < 4.78 is 39.5. The Morgan fingerprint density at radius 2 is 1.92 bits per heavy atom. The summed E-state index contributed by atoms with van der Waals surface area (Å²) in [7, 11) is 0. The van der Waals surface area contributed by atoms with E-state index in [1.807, 2.05) is 5.38 Å². The van der Waals surface area contributed by atoms with Crippen LogP contribution in [0.25, 0.3) is 0 Å². The zero-order valence-corrected chi connectivity index (χ0v) is 15.0. The molecule has 138 valence electrons. The number of nitrogens with one attached hydrogen (secondary N) is 1. The first-order valence-electron chi connectivity index (χ1n) is 8.17. The van der Waals surface area contributed by atoms with Crippen LogP contribution >= 0.6 is 11.3 Å². The van der Waals surface area contributed by atoms with Gasteiger partial charge in [0.05, 0.1) is 16.1 Å². The average Bonchev–Trinajstić information content (AvgIpc) is 3.14. The van der Waals surface area contributed by atoms with E-state index in [-0.39, 0.29) is 22.9 Å². The minimum Gasteiger partial charge on any atom is -0.335 e. The van der Waals surface area contributed by atoms with Crippen LogP contribution < -0.4 is 5.32 Å². The first-order valence-corrected chi connectivity index (χ1v) is 9.05. The third kappa shape index (κ3) is 3.96. The van der Waals surface area contributed by atoms with E-state index < -0.39 is 11.7 Å². The Bertz CT molecular complexity index is 810. The van der Waals surface area contributed by atoms with Crippen LogP contribution in [0.5, 0.6) is 0 Å². The van der Waals surface area contributed by atoms with Crippen LogP contribution in [0.3, 0.4) is 0 Å². The van der Waals surface area contributed by atoms with Crippen molar-refractivity contribution >= 4 is 28.6 Å². The van der Waals surface area contributed by atoms with Crippen molar-refractivity contribution in [3.8, 4) is 0 Å². The maximum Gasteiger partial charge on any atom is 0.416 e. The Kier molecular flexibility index (Phi) is 5.43. The van der Waals surface area contributed by atoms with E-state index in [1.54, 1.807) is 17.0 Å². The fourth-order valence-electron chi connectivity index (χ4n) is 2.81. The van der Waals surface area contributed by atoms with Gasteiger partial charge < -0.3 is 10.2 Å². The van der Waals surface area contributed by atoms with Crippen molar-refractivity contribution in [3.63, 3.8) is 0 Å². The van der Waals surface area contributed by atoms with Crippen molar-refractivity contribution in [1.82, 2.24) is 10.2 Å². The molecular formula is C18H18F3N3OS. The van der Waals surface area contributed by atoms with Gasteiger partial charge in [0.1, 0.15) is 5.71 Å². The van der Waals surface area contributed by atoms with Gasteiger partial charge in [0.25, 0.3) is 5.91 Å². The number of nitrogens with zero attached hydrogens (tertiary/aromatic N) is 2. The summed E-state index contributed by atoms with van der Waals surface area (Å²) in [5.74, 6) is -0.259. The van der Waals surface area contributed by atoms with Gasteiger partial charge >= 0.3 is 6.18 Å². The summed E-state index contributed by atoms with van der Waals surface area (Å²) in [6.45, 7) is 3.84. The topological polar surface area (TPSA) is 44.7 Å². The van der Waals surface area contributed by atoms with Gasteiger partial charge in [-0.2, -0.15) is 13.2 Å². The molecule has 0 radical (unpaired) electrons. The molecule has 3 rings (SSSR count). The molecule has 1 aliphatic rings. The zero-order chi connectivity index (χ0) is 18.7. The van der Waals surface area contributed by atoms with Crippen LogP contribution in [-0.2, 0) is 11.0 Å². The van der Waals surface area contributed by atoms with Gasteiger partial charge in [-0.05, 0) is 36.1 Å². The zero-order valence-electron chi connectivity index (χ0n) is 14.1. The van der Waals surface area contributed by atoms with E-state index in [2.05, 4.69) is 10.3 Å². The second-order valence-corrected chi connectivity index (χ2v) is 6.88. The van der Waals surface area contributed by atoms with Gasteiger partial charge in [-0.15, -0.1) is 11.3 Å². The first kappa shape index (κ1) is 18.6.